The molecular formula is C13H15N3O3S2. The predicted molar refractivity (Wildman–Crippen MR) is 82.6 cm³/mol. The SMILES string of the molecule is CCc1cc(C(=O)O)c(NC(=O)c2snnc2C(C)C)s1. The van der Waals surface area contributed by atoms with E-state index >= 15 is 0 Å². The zero-order valence-corrected chi connectivity index (χ0v) is 13.5. The number of hydrogen-bond acceptors (Lipinski definition) is 6. The average Bonchev–Trinajstić information content (AvgIpc) is 3.04. The Morgan fingerprint density at radius 2 is 2.14 bits per heavy atom. The summed E-state index contributed by atoms with van der Waals surface area (Å²) in [5, 5.41) is 16.2. The van der Waals surface area contributed by atoms with Crippen LogP contribution in [0, 0.1) is 0 Å². The summed E-state index contributed by atoms with van der Waals surface area (Å²) in [4.78, 5) is 24.9. The first kappa shape index (κ1) is 15.6. The summed E-state index contributed by atoms with van der Waals surface area (Å²) in [5.74, 6) is -1.33. The van der Waals surface area contributed by atoms with Crippen LogP contribution in [0.15, 0.2) is 6.07 Å². The van der Waals surface area contributed by atoms with Crippen LogP contribution in [-0.4, -0.2) is 26.6 Å². The van der Waals surface area contributed by atoms with Gasteiger partial charge in [0.25, 0.3) is 5.91 Å². The van der Waals surface area contributed by atoms with E-state index in [9.17, 15) is 14.7 Å². The highest BCUT2D eigenvalue weighted by molar-refractivity contribution is 7.16. The molecule has 0 spiro atoms. The normalized spacial score (nSPS) is 10.9. The molecule has 0 aliphatic rings. The topological polar surface area (TPSA) is 92.2 Å². The summed E-state index contributed by atoms with van der Waals surface area (Å²) in [6.07, 6.45) is 0.722. The van der Waals surface area contributed by atoms with Gasteiger partial charge in [-0.25, -0.2) is 4.79 Å². The van der Waals surface area contributed by atoms with E-state index in [0.29, 0.717) is 15.6 Å². The van der Waals surface area contributed by atoms with Gasteiger partial charge in [0.05, 0.1) is 11.3 Å². The predicted octanol–water partition coefficient (Wildman–Crippen LogP) is 3.24. The van der Waals surface area contributed by atoms with Crippen molar-refractivity contribution < 1.29 is 14.7 Å². The molecule has 0 radical (unpaired) electrons. The lowest BCUT2D eigenvalue weighted by Crippen LogP contribution is -2.14. The summed E-state index contributed by atoms with van der Waals surface area (Å²) in [5.41, 5.74) is 0.746. The number of carbonyl (C=O) groups is 2. The monoisotopic (exact) mass is 325 g/mol. The fourth-order valence-electron chi connectivity index (χ4n) is 1.76. The third-order valence-electron chi connectivity index (χ3n) is 2.86. The molecule has 0 bridgehead atoms. The number of carboxylic acid groups (broad SMARTS) is 1. The van der Waals surface area contributed by atoms with Crippen molar-refractivity contribution >= 4 is 39.7 Å². The van der Waals surface area contributed by atoms with E-state index in [2.05, 4.69) is 14.9 Å². The lowest BCUT2D eigenvalue weighted by atomic mass is 10.1. The van der Waals surface area contributed by atoms with E-state index in [1.54, 1.807) is 6.07 Å². The standard InChI is InChI=1S/C13H15N3O3S2/c1-4-7-5-8(13(18)19)12(20-7)14-11(17)10-9(6(2)3)15-16-21-10/h5-6H,4H2,1-3H3,(H,14,17)(H,18,19). The van der Waals surface area contributed by atoms with Crippen molar-refractivity contribution in [2.75, 3.05) is 5.32 Å². The number of nitrogens with one attached hydrogen (secondary N) is 1. The number of thiophene rings is 1. The first-order chi connectivity index (χ1) is 9.93. The lowest BCUT2D eigenvalue weighted by Gasteiger charge is -2.05. The van der Waals surface area contributed by atoms with E-state index < -0.39 is 5.97 Å². The molecule has 0 saturated heterocycles. The van der Waals surface area contributed by atoms with Gasteiger partial charge in [-0.3, -0.25) is 4.79 Å². The third kappa shape index (κ3) is 3.27. The van der Waals surface area contributed by atoms with E-state index in [-0.39, 0.29) is 17.4 Å². The van der Waals surface area contributed by atoms with Gasteiger partial charge >= 0.3 is 5.97 Å². The van der Waals surface area contributed by atoms with E-state index in [4.69, 9.17) is 0 Å². The molecule has 2 aromatic rings. The lowest BCUT2D eigenvalue weighted by molar-refractivity contribution is 0.0698. The molecule has 6 nitrogen and oxygen atoms in total. The average molecular weight is 325 g/mol. The number of anilines is 1. The quantitative estimate of drug-likeness (QED) is 0.880. The first-order valence-electron chi connectivity index (χ1n) is 6.43. The molecular weight excluding hydrogens is 310 g/mol. The Balaban J connectivity index is 2.29. The molecule has 2 N–H and O–H groups in total. The third-order valence-corrected chi connectivity index (χ3v) is 4.79. The van der Waals surface area contributed by atoms with Crippen LogP contribution in [-0.2, 0) is 6.42 Å². The van der Waals surface area contributed by atoms with Crippen LogP contribution in [0.1, 0.15) is 57.3 Å². The van der Waals surface area contributed by atoms with Crippen molar-refractivity contribution in [3.05, 3.63) is 27.1 Å². The highest BCUT2D eigenvalue weighted by Gasteiger charge is 2.22. The minimum absolute atomic E-state index is 0.0815. The smallest absolute Gasteiger partial charge is 0.338 e. The summed E-state index contributed by atoms with van der Waals surface area (Å²) in [6.45, 7) is 5.79. The summed E-state index contributed by atoms with van der Waals surface area (Å²) < 4.78 is 3.80. The molecule has 0 saturated carbocycles. The number of aromatic nitrogens is 2. The maximum Gasteiger partial charge on any atom is 0.338 e. The molecule has 2 rings (SSSR count). The number of amides is 1. The van der Waals surface area contributed by atoms with Gasteiger partial charge in [-0.15, -0.1) is 16.4 Å². The molecule has 0 aliphatic heterocycles. The van der Waals surface area contributed by atoms with Crippen molar-refractivity contribution in [2.24, 2.45) is 0 Å². The summed E-state index contributed by atoms with van der Waals surface area (Å²) >= 11 is 2.29. The maximum absolute atomic E-state index is 12.3. The fourth-order valence-corrected chi connectivity index (χ4v) is 3.46. The van der Waals surface area contributed by atoms with Crippen molar-refractivity contribution in [3.8, 4) is 0 Å². The van der Waals surface area contributed by atoms with Crippen molar-refractivity contribution in [1.82, 2.24) is 9.59 Å². The number of carboxylic acids is 1. The zero-order valence-electron chi connectivity index (χ0n) is 11.8. The highest BCUT2D eigenvalue weighted by atomic mass is 32.1. The molecule has 0 unspecified atom stereocenters. The molecule has 0 atom stereocenters. The Labute approximate surface area is 130 Å². The Morgan fingerprint density at radius 3 is 2.71 bits per heavy atom. The van der Waals surface area contributed by atoms with Crippen LogP contribution in [0.3, 0.4) is 0 Å². The Hall–Kier alpha value is -1.80. The van der Waals surface area contributed by atoms with Gasteiger partial charge < -0.3 is 10.4 Å². The van der Waals surface area contributed by atoms with Crippen molar-refractivity contribution in [3.63, 3.8) is 0 Å². The van der Waals surface area contributed by atoms with Crippen LogP contribution >= 0.6 is 22.9 Å². The summed E-state index contributed by atoms with van der Waals surface area (Å²) in [6, 6.07) is 1.59. The van der Waals surface area contributed by atoms with Gasteiger partial charge in [0.15, 0.2) is 0 Å². The molecule has 2 heterocycles. The zero-order chi connectivity index (χ0) is 15.6. The molecule has 8 heteroatoms. The number of rotatable bonds is 5. The largest absolute Gasteiger partial charge is 0.478 e. The number of hydrogen-bond donors (Lipinski definition) is 2. The van der Waals surface area contributed by atoms with Crippen LogP contribution in [0.25, 0.3) is 0 Å². The van der Waals surface area contributed by atoms with Gasteiger partial charge in [-0.05, 0) is 29.9 Å². The minimum Gasteiger partial charge on any atom is -0.478 e. The van der Waals surface area contributed by atoms with Crippen LogP contribution < -0.4 is 5.32 Å². The minimum atomic E-state index is -1.05. The van der Waals surface area contributed by atoms with Gasteiger partial charge in [0, 0.05) is 4.88 Å². The molecule has 2 aromatic heterocycles. The van der Waals surface area contributed by atoms with E-state index in [1.165, 1.54) is 11.3 Å². The number of carbonyl (C=O) groups excluding carboxylic acids is 1. The molecule has 1 amide bonds. The van der Waals surface area contributed by atoms with Crippen LogP contribution in [0.4, 0.5) is 5.00 Å². The molecule has 21 heavy (non-hydrogen) atoms. The van der Waals surface area contributed by atoms with Crippen molar-refractivity contribution in [1.29, 1.82) is 0 Å². The number of nitrogens with zero attached hydrogens (tertiary/aromatic N) is 2. The Morgan fingerprint density at radius 1 is 1.43 bits per heavy atom. The van der Waals surface area contributed by atoms with Gasteiger partial charge in [-0.2, -0.15) is 0 Å². The summed E-state index contributed by atoms with van der Waals surface area (Å²) in [7, 11) is 0. The Kier molecular flexibility index (Phi) is 4.69. The second-order valence-electron chi connectivity index (χ2n) is 4.71. The maximum atomic E-state index is 12.3. The number of aromatic carboxylic acids is 1. The second kappa shape index (κ2) is 6.31. The number of aryl methyl sites for hydroxylation is 1. The van der Waals surface area contributed by atoms with Crippen LogP contribution in [0.5, 0.6) is 0 Å². The van der Waals surface area contributed by atoms with Crippen molar-refractivity contribution in [2.45, 2.75) is 33.1 Å². The van der Waals surface area contributed by atoms with E-state index in [0.717, 1.165) is 22.8 Å². The van der Waals surface area contributed by atoms with Crippen LogP contribution in [0.2, 0.25) is 0 Å². The van der Waals surface area contributed by atoms with Gasteiger partial charge in [-0.1, -0.05) is 25.3 Å². The second-order valence-corrected chi connectivity index (χ2v) is 6.60. The molecule has 0 aromatic carbocycles. The van der Waals surface area contributed by atoms with Gasteiger partial charge in [0.1, 0.15) is 9.88 Å². The van der Waals surface area contributed by atoms with Gasteiger partial charge in [0.2, 0.25) is 0 Å². The molecule has 0 fully saturated rings. The molecule has 112 valence electrons. The highest BCUT2D eigenvalue weighted by Crippen LogP contribution is 2.30. The molecule has 0 aliphatic carbocycles. The Bertz CT molecular complexity index is 676. The first-order valence-corrected chi connectivity index (χ1v) is 8.02. The van der Waals surface area contributed by atoms with E-state index in [1.807, 2.05) is 20.8 Å². The fraction of sp³-hybridized carbons (Fsp3) is 0.385.